The number of benzene rings is 1. The monoisotopic (exact) mass is 346 g/mol. The zero-order chi connectivity index (χ0) is 15.2. The predicted octanol–water partition coefficient (Wildman–Crippen LogP) is 4.23. The molecule has 0 saturated heterocycles. The van der Waals surface area contributed by atoms with E-state index in [2.05, 4.69) is 10.3 Å². The van der Waals surface area contributed by atoms with Gasteiger partial charge in [0.25, 0.3) is 0 Å². The van der Waals surface area contributed by atoms with Crippen molar-refractivity contribution in [1.29, 1.82) is 0 Å². The quantitative estimate of drug-likeness (QED) is 0.820. The number of aromatic nitrogens is 1. The van der Waals surface area contributed by atoms with Crippen molar-refractivity contribution in [1.82, 2.24) is 10.3 Å². The molecule has 0 spiro atoms. The summed E-state index contributed by atoms with van der Waals surface area (Å²) in [4.78, 5) is 14.7. The van der Waals surface area contributed by atoms with E-state index >= 15 is 0 Å². The zero-order valence-corrected chi connectivity index (χ0v) is 13.1. The fourth-order valence-electron chi connectivity index (χ4n) is 1.66. The number of hydrogen-bond donors (Lipinski definition) is 2. The van der Waals surface area contributed by atoms with Crippen molar-refractivity contribution >= 4 is 40.6 Å². The van der Waals surface area contributed by atoms with Crippen LogP contribution in [-0.4, -0.2) is 22.7 Å². The summed E-state index contributed by atoms with van der Waals surface area (Å²) >= 11 is 13.4. The maximum absolute atomic E-state index is 10.5. The number of hydrogen-bond acceptors (Lipinski definition) is 4. The van der Waals surface area contributed by atoms with Gasteiger partial charge >= 0.3 is 6.09 Å². The number of amides is 1. The standard InChI is InChI=1S/C13H12Cl2N2O3S/c14-8-1-2-9(15)11(7-8)20-10(3-4-17-13(18)19)12-16-5-6-21-12/h1-2,5-7,10,17H,3-4H2,(H,18,19)/t10-/m1/s1. The lowest BCUT2D eigenvalue weighted by Gasteiger charge is -2.18. The summed E-state index contributed by atoms with van der Waals surface area (Å²) in [5.41, 5.74) is 0. The van der Waals surface area contributed by atoms with E-state index in [9.17, 15) is 4.79 Å². The van der Waals surface area contributed by atoms with Crippen LogP contribution in [0.4, 0.5) is 4.79 Å². The van der Waals surface area contributed by atoms with Crippen LogP contribution in [0.25, 0.3) is 0 Å². The SMILES string of the molecule is O=C(O)NCC[C@@H](Oc1cc(Cl)ccc1Cl)c1nccs1. The molecule has 5 nitrogen and oxygen atoms in total. The van der Waals surface area contributed by atoms with E-state index in [1.54, 1.807) is 24.4 Å². The molecule has 1 amide bonds. The van der Waals surface area contributed by atoms with Crippen molar-refractivity contribution < 1.29 is 14.6 Å². The molecule has 1 aromatic heterocycles. The minimum Gasteiger partial charge on any atom is -0.482 e. The van der Waals surface area contributed by atoms with Gasteiger partial charge < -0.3 is 15.2 Å². The average molecular weight is 347 g/mol. The second kappa shape index (κ2) is 7.49. The van der Waals surface area contributed by atoms with Gasteiger partial charge in [-0.2, -0.15) is 0 Å². The van der Waals surface area contributed by atoms with E-state index in [4.69, 9.17) is 33.0 Å². The molecule has 21 heavy (non-hydrogen) atoms. The van der Waals surface area contributed by atoms with Crippen LogP contribution in [0.2, 0.25) is 10.0 Å². The smallest absolute Gasteiger partial charge is 0.404 e. The minimum atomic E-state index is -1.08. The van der Waals surface area contributed by atoms with Crippen LogP contribution >= 0.6 is 34.5 Å². The first-order valence-electron chi connectivity index (χ1n) is 6.04. The van der Waals surface area contributed by atoms with Crippen molar-refractivity contribution in [2.75, 3.05) is 6.54 Å². The highest BCUT2D eigenvalue weighted by molar-refractivity contribution is 7.09. The van der Waals surface area contributed by atoms with Crippen molar-refractivity contribution in [3.05, 3.63) is 44.8 Å². The van der Waals surface area contributed by atoms with Gasteiger partial charge in [0.15, 0.2) is 6.10 Å². The van der Waals surface area contributed by atoms with Crippen molar-refractivity contribution in [2.24, 2.45) is 0 Å². The molecule has 0 unspecified atom stereocenters. The number of carboxylic acid groups (broad SMARTS) is 1. The Labute approximate surface area is 135 Å². The Balaban J connectivity index is 2.12. The highest BCUT2D eigenvalue weighted by atomic mass is 35.5. The van der Waals surface area contributed by atoms with Gasteiger partial charge in [-0.1, -0.05) is 23.2 Å². The molecule has 0 aliphatic carbocycles. The van der Waals surface area contributed by atoms with E-state index in [0.29, 0.717) is 22.2 Å². The van der Waals surface area contributed by atoms with E-state index < -0.39 is 12.2 Å². The van der Waals surface area contributed by atoms with Gasteiger partial charge in [0.2, 0.25) is 0 Å². The molecule has 1 heterocycles. The van der Waals surface area contributed by atoms with Crippen LogP contribution in [0.1, 0.15) is 17.5 Å². The largest absolute Gasteiger partial charge is 0.482 e. The molecule has 0 aliphatic rings. The number of nitrogens with one attached hydrogen (secondary N) is 1. The van der Waals surface area contributed by atoms with Gasteiger partial charge in [-0.05, 0) is 12.1 Å². The van der Waals surface area contributed by atoms with E-state index in [-0.39, 0.29) is 6.54 Å². The third-order valence-corrected chi connectivity index (χ3v) is 3.99. The minimum absolute atomic E-state index is 0.248. The molecular formula is C13H12Cl2N2O3S. The molecule has 1 aromatic carbocycles. The molecule has 2 rings (SSSR count). The highest BCUT2D eigenvalue weighted by Gasteiger charge is 2.18. The summed E-state index contributed by atoms with van der Waals surface area (Å²) in [7, 11) is 0. The van der Waals surface area contributed by atoms with Gasteiger partial charge in [-0.3, -0.25) is 0 Å². The summed E-state index contributed by atoms with van der Waals surface area (Å²) in [5, 5.41) is 14.5. The average Bonchev–Trinajstić information content (AvgIpc) is 2.95. The van der Waals surface area contributed by atoms with Crippen molar-refractivity contribution in [2.45, 2.75) is 12.5 Å². The Bertz CT molecular complexity index is 607. The first-order chi connectivity index (χ1) is 10.1. The zero-order valence-electron chi connectivity index (χ0n) is 10.8. The van der Waals surface area contributed by atoms with Crippen LogP contribution in [-0.2, 0) is 0 Å². The third kappa shape index (κ3) is 4.77. The van der Waals surface area contributed by atoms with Crippen LogP contribution in [0.3, 0.4) is 0 Å². The van der Waals surface area contributed by atoms with Gasteiger partial charge in [-0.25, -0.2) is 9.78 Å². The lowest BCUT2D eigenvalue weighted by molar-refractivity contribution is 0.180. The van der Waals surface area contributed by atoms with Crippen LogP contribution in [0.15, 0.2) is 29.8 Å². The number of thiazole rings is 1. The summed E-state index contributed by atoms with van der Waals surface area (Å²) in [5.74, 6) is 0.444. The third-order valence-electron chi connectivity index (χ3n) is 2.57. The van der Waals surface area contributed by atoms with Crippen molar-refractivity contribution in [3.8, 4) is 5.75 Å². The summed E-state index contributed by atoms with van der Waals surface area (Å²) in [6.45, 7) is 0.248. The van der Waals surface area contributed by atoms with Crippen molar-refractivity contribution in [3.63, 3.8) is 0 Å². The fourth-order valence-corrected chi connectivity index (χ4v) is 2.68. The first kappa shape index (κ1) is 15.9. The molecule has 0 radical (unpaired) electrons. The summed E-state index contributed by atoms with van der Waals surface area (Å²) in [6, 6.07) is 4.93. The maximum atomic E-state index is 10.5. The number of ether oxygens (including phenoxy) is 1. The fraction of sp³-hybridized carbons (Fsp3) is 0.231. The van der Waals surface area contributed by atoms with Crippen LogP contribution in [0, 0.1) is 0 Å². The van der Waals surface area contributed by atoms with Gasteiger partial charge in [-0.15, -0.1) is 11.3 Å². The maximum Gasteiger partial charge on any atom is 0.404 e. The number of carbonyl (C=O) groups is 1. The lowest BCUT2D eigenvalue weighted by atomic mass is 10.2. The van der Waals surface area contributed by atoms with Crippen LogP contribution in [0.5, 0.6) is 5.75 Å². The Hall–Kier alpha value is -1.50. The summed E-state index contributed by atoms with van der Waals surface area (Å²) < 4.78 is 5.85. The van der Waals surface area contributed by atoms with Gasteiger partial charge in [0.1, 0.15) is 10.8 Å². The van der Waals surface area contributed by atoms with E-state index in [0.717, 1.165) is 5.01 Å². The molecule has 2 N–H and O–H groups in total. The Morgan fingerprint density at radius 3 is 2.95 bits per heavy atom. The van der Waals surface area contributed by atoms with Crippen LogP contribution < -0.4 is 10.1 Å². The van der Waals surface area contributed by atoms with E-state index in [1.165, 1.54) is 11.3 Å². The summed E-state index contributed by atoms with van der Waals surface area (Å²) in [6.07, 6.45) is 0.630. The highest BCUT2D eigenvalue weighted by Crippen LogP contribution is 2.33. The molecule has 8 heteroatoms. The lowest BCUT2D eigenvalue weighted by Crippen LogP contribution is -2.24. The first-order valence-corrected chi connectivity index (χ1v) is 7.67. The molecule has 0 bridgehead atoms. The molecule has 0 fully saturated rings. The Morgan fingerprint density at radius 1 is 1.48 bits per heavy atom. The molecule has 0 saturated carbocycles. The topological polar surface area (TPSA) is 71.5 Å². The number of rotatable bonds is 6. The molecule has 2 aromatic rings. The number of halogens is 2. The van der Waals surface area contributed by atoms with E-state index in [1.807, 2.05) is 5.38 Å². The number of nitrogens with zero attached hydrogens (tertiary/aromatic N) is 1. The predicted molar refractivity (Wildman–Crippen MR) is 82.6 cm³/mol. The molecule has 0 aliphatic heterocycles. The van der Waals surface area contributed by atoms with Gasteiger partial charge in [0, 0.05) is 35.6 Å². The normalized spacial score (nSPS) is 11.9. The Morgan fingerprint density at radius 2 is 2.29 bits per heavy atom. The Kier molecular flexibility index (Phi) is 5.67. The molecular weight excluding hydrogens is 335 g/mol. The second-order valence-corrected chi connectivity index (χ2v) is 5.84. The van der Waals surface area contributed by atoms with Gasteiger partial charge in [0.05, 0.1) is 5.02 Å². The molecule has 112 valence electrons. The second-order valence-electron chi connectivity index (χ2n) is 4.07. The molecule has 1 atom stereocenters.